The van der Waals surface area contributed by atoms with Crippen LogP contribution < -0.4 is 10.1 Å². The second-order valence-electron chi connectivity index (χ2n) is 8.40. The number of halogens is 1. The van der Waals surface area contributed by atoms with Gasteiger partial charge in [0.1, 0.15) is 24.1 Å². The standard InChI is InChI=1S/C25H26FN3O5/c26-20-12-16(13-28-8-10-33-11-9-28)4-5-17(20)15-34-22-3-1-2-18-19(22)14-29(25(18)32)21-6-7-23(30)27-24(21)31/h1-5,12,21H,6-11,13-15H2,(H,27,30,31)/i15D2,21D. The number of fused-ring (bicyclic) bond motifs is 1. The van der Waals surface area contributed by atoms with Gasteiger partial charge >= 0.3 is 0 Å². The Bertz CT molecular complexity index is 1270. The molecule has 2 fully saturated rings. The number of carbonyl (C=O) groups excluding carboxylic acids is 3. The van der Waals surface area contributed by atoms with E-state index < -0.39 is 36.1 Å². The van der Waals surface area contributed by atoms with Gasteiger partial charge in [-0.05, 0) is 30.2 Å². The number of hydrogen-bond donors (Lipinski definition) is 1. The van der Waals surface area contributed by atoms with Crippen LogP contribution in [0.1, 0.15) is 44.0 Å². The van der Waals surface area contributed by atoms with Crippen LogP contribution >= 0.6 is 0 Å². The Morgan fingerprint density at radius 3 is 2.79 bits per heavy atom. The number of rotatable bonds is 6. The fourth-order valence-electron chi connectivity index (χ4n) is 4.35. The number of carbonyl (C=O) groups is 3. The number of ether oxygens (including phenoxy) is 2. The summed E-state index contributed by atoms with van der Waals surface area (Å²) >= 11 is 0. The smallest absolute Gasteiger partial charge is 0.255 e. The van der Waals surface area contributed by atoms with Crippen molar-refractivity contribution in [3.05, 3.63) is 64.5 Å². The van der Waals surface area contributed by atoms with Crippen LogP contribution in [-0.4, -0.2) is 59.8 Å². The second-order valence-corrected chi connectivity index (χ2v) is 8.40. The highest BCUT2D eigenvalue weighted by Gasteiger charge is 2.40. The highest BCUT2D eigenvalue weighted by atomic mass is 19.1. The molecular weight excluding hydrogens is 441 g/mol. The fraction of sp³-hybridized carbons (Fsp3) is 0.400. The zero-order valence-electron chi connectivity index (χ0n) is 21.4. The van der Waals surface area contributed by atoms with Gasteiger partial charge in [0.05, 0.1) is 23.9 Å². The lowest BCUT2D eigenvalue weighted by atomic mass is 10.0. The maximum Gasteiger partial charge on any atom is 0.255 e. The van der Waals surface area contributed by atoms with Crippen molar-refractivity contribution in [2.24, 2.45) is 0 Å². The summed E-state index contributed by atoms with van der Waals surface area (Å²) in [4.78, 5) is 40.3. The van der Waals surface area contributed by atoms with E-state index in [-0.39, 0.29) is 41.8 Å². The van der Waals surface area contributed by atoms with Gasteiger partial charge in [-0.25, -0.2) is 4.39 Å². The molecule has 8 nitrogen and oxygen atoms in total. The first-order chi connectivity index (χ1) is 17.6. The molecule has 0 spiro atoms. The van der Waals surface area contributed by atoms with Crippen molar-refractivity contribution in [1.29, 1.82) is 0 Å². The van der Waals surface area contributed by atoms with Gasteiger partial charge < -0.3 is 14.4 Å². The SMILES string of the molecule is [2H]C([2H])(Oc1cccc2c1CN(C1([2H])CCC(=O)NC1=O)C2=O)c1ccc(CN2CCOCC2)cc1F. The summed E-state index contributed by atoms with van der Waals surface area (Å²) in [5.41, 5.74) is 0.855. The van der Waals surface area contributed by atoms with Crippen LogP contribution in [0.5, 0.6) is 5.75 Å². The summed E-state index contributed by atoms with van der Waals surface area (Å²) in [6.45, 7) is 0.458. The number of amides is 3. The van der Waals surface area contributed by atoms with Crippen molar-refractivity contribution < 1.29 is 32.4 Å². The molecule has 5 rings (SSSR count). The Morgan fingerprint density at radius 1 is 1.21 bits per heavy atom. The highest BCUT2D eigenvalue weighted by molar-refractivity contribution is 6.05. The van der Waals surface area contributed by atoms with Crippen LogP contribution in [0.15, 0.2) is 36.4 Å². The van der Waals surface area contributed by atoms with Crippen LogP contribution in [0.4, 0.5) is 4.39 Å². The summed E-state index contributed by atoms with van der Waals surface area (Å²) < 4.78 is 51.5. The van der Waals surface area contributed by atoms with E-state index in [0.717, 1.165) is 18.0 Å². The summed E-state index contributed by atoms with van der Waals surface area (Å²) in [6.07, 6.45) is -0.238. The molecule has 3 heterocycles. The number of morpholine rings is 1. The van der Waals surface area contributed by atoms with E-state index in [2.05, 4.69) is 10.2 Å². The van der Waals surface area contributed by atoms with Crippen molar-refractivity contribution in [3.63, 3.8) is 0 Å². The van der Waals surface area contributed by atoms with Gasteiger partial charge in [-0.1, -0.05) is 18.2 Å². The minimum Gasteiger partial charge on any atom is -0.488 e. The van der Waals surface area contributed by atoms with Crippen LogP contribution in [-0.2, 0) is 34.0 Å². The van der Waals surface area contributed by atoms with E-state index in [9.17, 15) is 14.4 Å². The number of piperidine rings is 1. The van der Waals surface area contributed by atoms with Gasteiger partial charge in [0, 0.05) is 42.7 Å². The Kier molecular flexibility index (Phi) is 5.33. The van der Waals surface area contributed by atoms with E-state index in [0.29, 0.717) is 25.3 Å². The number of nitrogens with zero attached hydrogens (tertiary/aromatic N) is 2. The van der Waals surface area contributed by atoms with Gasteiger partial charge in [-0.2, -0.15) is 0 Å². The van der Waals surface area contributed by atoms with E-state index in [4.69, 9.17) is 13.6 Å². The van der Waals surface area contributed by atoms with Crippen LogP contribution in [0, 0.1) is 5.82 Å². The maximum atomic E-state index is 15.0. The van der Waals surface area contributed by atoms with E-state index in [1.54, 1.807) is 6.07 Å². The molecule has 178 valence electrons. The van der Waals surface area contributed by atoms with Crippen molar-refractivity contribution >= 4 is 17.7 Å². The van der Waals surface area contributed by atoms with Gasteiger partial charge in [-0.3, -0.25) is 24.6 Å². The Hall–Kier alpha value is -3.30. The summed E-state index contributed by atoms with van der Waals surface area (Å²) in [6, 6.07) is 6.77. The molecule has 1 atom stereocenters. The number of imide groups is 1. The van der Waals surface area contributed by atoms with Crippen molar-refractivity contribution in [2.75, 3.05) is 26.3 Å². The minimum absolute atomic E-state index is 0.00559. The van der Waals surface area contributed by atoms with Gasteiger partial charge in [-0.15, -0.1) is 0 Å². The minimum atomic E-state index is -2.57. The molecule has 1 N–H and O–H groups in total. The van der Waals surface area contributed by atoms with Crippen LogP contribution in [0.25, 0.3) is 0 Å². The largest absolute Gasteiger partial charge is 0.488 e. The monoisotopic (exact) mass is 470 g/mol. The summed E-state index contributed by atoms with van der Waals surface area (Å²) in [5, 5.41) is 2.10. The molecular formula is C25H26FN3O5. The van der Waals surface area contributed by atoms with E-state index in [1.165, 1.54) is 30.3 Å². The van der Waals surface area contributed by atoms with E-state index in [1.807, 2.05) is 0 Å². The van der Waals surface area contributed by atoms with Crippen molar-refractivity contribution in [3.8, 4) is 5.75 Å². The maximum absolute atomic E-state index is 15.0. The predicted octanol–water partition coefficient (Wildman–Crippen LogP) is 2.00. The predicted molar refractivity (Wildman–Crippen MR) is 119 cm³/mol. The molecule has 34 heavy (non-hydrogen) atoms. The zero-order chi connectivity index (χ0) is 26.4. The molecule has 0 aliphatic carbocycles. The topological polar surface area (TPSA) is 88.2 Å². The number of benzene rings is 2. The molecule has 3 amide bonds. The molecule has 3 aliphatic rings. The lowest BCUT2D eigenvalue weighted by Crippen LogP contribution is -2.52. The average molecular weight is 471 g/mol. The normalized spacial score (nSPS) is 24.8. The highest BCUT2D eigenvalue weighted by Crippen LogP contribution is 2.34. The molecule has 2 saturated heterocycles. The Morgan fingerprint density at radius 2 is 2.03 bits per heavy atom. The molecule has 0 radical (unpaired) electrons. The Labute approximate surface area is 200 Å². The molecule has 0 aromatic heterocycles. The number of hydrogen-bond acceptors (Lipinski definition) is 6. The molecule has 3 aliphatic heterocycles. The average Bonchev–Trinajstić information content (AvgIpc) is 3.20. The molecule has 2 aromatic carbocycles. The second kappa shape index (κ2) is 9.52. The molecule has 2 aromatic rings. The summed E-state index contributed by atoms with van der Waals surface area (Å²) in [7, 11) is 0. The van der Waals surface area contributed by atoms with E-state index >= 15 is 4.39 Å². The zero-order valence-corrected chi connectivity index (χ0v) is 18.4. The summed E-state index contributed by atoms with van der Waals surface area (Å²) in [5.74, 6) is -2.74. The van der Waals surface area contributed by atoms with Crippen molar-refractivity contribution in [2.45, 2.75) is 38.5 Å². The van der Waals surface area contributed by atoms with Gasteiger partial charge in [0.25, 0.3) is 5.91 Å². The first-order valence-electron chi connectivity index (χ1n) is 12.6. The Balaban J connectivity index is 1.36. The van der Waals surface area contributed by atoms with Crippen LogP contribution in [0.3, 0.4) is 0 Å². The lowest BCUT2D eigenvalue weighted by Gasteiger charge is -2.29. The lowest BCUT2D eigenvalue weighted by molar-refractivity contribution is -0.136. The van der Waals surface area contributed by atoms with Crippen molar-refractivity contribution in [1.82, 2.24) is 15.1 Å². The molecule has 0 saturated carbocycles. The molecule has 1 unspecified atom stereocenters. The van der Waals surface area contributed by atoms with Gasteiger partial charge in [0.15, 0.2) is 0 Å². The van der Waals surface area contributed by atoms with Gasteiger partial charge in [0.2, 0.25) is 11.8 Å². The molecule has 9 heteroatoms. The third-order valence-corrected chi connectivity index (χ3v) is 6.17. The first-order valence-corrected chi connectivity index (χ1v) is 11.1. The fourth-order valence-corrected chi connectivity index (χ4v) is 4.35. The quantitative estimate of drug-likeness (QED) is 0.650. The van der Waals surface area contributed by atoms with Crippen LogP contribution in [0.2, 0.25) is 0 Å². The number of nitrogens with one attached hydrogen (secondary N) is 1. The first kappa shape index (κ1) is 19.1. The third kappa shape index (κ3) is 4.53. The third-order valence-electron chi connectivity index (χ3n) is 6.17. The molecule has 0 bridgehead atoms.